The highest BCUT2D eigenvalue weighted by molar-refractivity contribution is 5.98. The van der Waals surface area contributed by atoms with E-state index >= 15 is 0 Å². The van der Waals surface area contributed by atoms with Gasteiger partial charge in [0.1, 0.15) is 17.4 Å². The molecule has 0 aliphatic carbocycles. The molecule has 0 amide bonds. The molecule has 1 fully saturated rings. The first-order valence-electron chi connectivity index (χ1n) is 14.1. The maximum absolute atomic E-state index is 13.8. The van der Waals surface area contributed by atoms with E-state index in [2.05, 4.69) is 5.32 Å². The summed E-state index contributed by atoms with van der Waals surface area (Å²) >= 11 is 0. The Balaban J connectivity index is 0.00000506. The first-order valence-corrected chi connectivity index (χ1v) is 14.1. The van der Waals surface area contributed by atoms with Crippen molar-refractivity contribution in [2.45, 2.75) is 52.1 Å². The van der Waals surface area contributed by atoms with Crippen LogP contribution in [-0.2, 0) is 19.1 Å². The number of nitrogens with zero attached hydrogens (tertiary/aromatic N) is 2. The number of rotatable bonds is 9. The number of piperidine rings is 1. The van der Waals surface area contributed by atoms with Crippen LogP contribution in [-0.4, -0.2) is 59.5 Å². The number of carbonyl (C=O) groups is 3. The van der Waals surface area contributed by atoms with E-state index in [-0.39, 0.29) is 54.1 Å². The molecule has 3 atom stereocenters. The number of para-hydroxylation sites is 1. The lowest BCUT2D eigenvalue weighted by atomic mass is 9.69. The van der Waals surface area contributed by atoms with Gasteiger partial charge in [-0.3, -0.25) is 24.6 Å². The van der Waals surface area contributed by atoms with Gasteiger partial charge in [0.05, 0.1) is 23.7 Å². The van der Waals surface area contributed by atoms with Gasteiger partial charge in [-0.1, -0.05) is 18.2 Å². The van der Waals surface area contributed by atoms with Crippen LogP contribution in [0, 0.1) is 27.8 Å². The summed E-state index contributed by atoms with van der Waals surface area (Å²) in [4.78, 5) is 54.0. The average Bonchev–Trinajstić information content (AvgIpc) is 2.97. The fourth-order valence-corrected chi connectivity index (χ4v) is 6.32. The molecule has 2 aromatic rings. The minimum atomic E-state index is -1.13. The fraction of sp³-hybridized carbons (Fsp3) is 0.452. The van der Waals surface area contributed by atoms with Gasteiger partial charge in [0.2, 0.25) is 0 Å². The number of ether oxygens (including phenoxy) is 2. The number of nitro groups is 1. The zero-order valence-electron chi connectivity index (χ0n) is 24.6. The molecule has 0 aromatic heterocycles. The number of hydrogen-bond acceptors (Lipinski definition) is 9. The summed E-state index contributed by atoms with van der Waals surface area (Å²) < 4.78 is 24.3. The molecule has 10 nitrogen and oxygen atoms in total. The van der Waals surface area contributed by atoms with Gasteiger partial charge in [-0.15, -0.1) is 12.4 Å². The van der Waals surface area contributed by atoms with Crippen molar-refractivity contribution in [1.29, 1.82) is 0 Å². The van der Waals surface area contributed by atoms with Crippen molar-refractivity contribution in [2.24, 2.45) is 11.8 Å². The summed E-state index contributed by atoms with van der Waals surface area (Å²) in [6.07, 6.45) is 0.958. The van der Waals surface area contributed by atoms with Crippen LogP contribution < -0.4 is 5.32 Å². The van der Waals surface area contributed by atoms with E-state index in [0.717, 1.165) is 0 Å². The number of hydrogen-bond donors (Lipinski definition) is 1. The van der Waals surface area contributed by atoms with Crippen LogP contribution in [0.3, 0.4) is 0 Å². The monoisotopic (exact) mass is 617 g/mol. The first kappa shape index (κ1) is 33.7. The lowest BCUT2D eigenvalue weighted by Crippen LogP contribution is -2.68. The van der Waals surface area contributed by atoms with Crippen LogP contribution >= 0.6 is 12.4 Å². The van der Waals surface area contributed by atoms with Gasteiger partial charge < -0.3 is 14.8 Å². The summed E-state index contributed by atoms with van der Waals surface area (Å²) in [5, 5.41) is 15.5. The minimum Gasteiger partial charge on any atom is -0.466 e. The van der Waals surface area contributed by atoms with Crippen LogP contribution in [0.5, 0.6) is 0 Å². The van der Waals surface area contributed by atoms with Gasteiger partial charge in [-0.2, -0.15) is 0 Å². The van der Waals surface area contributed by atoms with Crippen LogP contribution in [0.25, 0.3) is 0 Å². The molecule has 0 spiro atoms. The van der Waals surface area contributed by atoms with Crippen LogP contribution in [0.4, 0.5) is 10.1 Å². The Morgan fingerprint density at radius 1 is 1.05 bits per heavy atom. The minimum absolute atomic E-state index is 0. The molecular formula is C31H37ClFN3O7. The molecule has 1 N–H and O–H groups in total. The summed E-state index contributed by atoms with van der Waals surface area (Å²) in [5.74, 6) is -4.20. The molecule has 12 heteroatoms. The molecule has 1 saturated heterocycles. The van der Waals surface area contributed by atoms with Crippen molar-refractivity contribution >= 4 is 35.8 Å². The molecule has 0 saturated carbocycles. The molecule has 232 valence electrons. The van der Waals surface area contributed by atoms with Gasteiger partial charge in [0, 0.05) is 47.8 Å². The van der Waals surface area contributed by atoms with Crippen molar-refractivity contribution in [1.82, 2.24) is 10.2 Å². The number of likely N-dealkylation sites (tertiary alicyclic amines) is 1. The molecule has 0 radical (unpaired) electrons. The predicted molar refractivity (Wildman–Crippen MR) is 159 cm³/mol. The van der Waals surface area contributed by atoms with Crippen LogP contribution in [0.2, 0.25) is 0 Å². The number of allylic oxidation sites excluding steroid dienone is 1. The standard InChI is InChI=1S/C31H36FN3O7.ClH/c1-5-41-29(37)25-19(3)33-31(4,34-17-15-21(16-18-34)28(36)20-11-13-22(32)14-12-20)27(30(38)42-6-2)26(25)23-9-7-8-10-24(23)35(39)40;/h7-14,21,26-27,33H,5-6,15-18H2,1-4H3;1H. The zero-order chi connectivity index (χ0) is 30.6. The van der Waals surface area contributed by atoms with Gasteiger partial charge >= 0.3 is 11.9 Å². The van der Waals surface area contributed by atoms with E-state index < -0.39 is 40.2 Å². The number of benzene rings is 2. The first-order chi connectivity index (χ1) is 20.0. The Hall–Kier alpha value is -3.83. The Morgan fingerprint density at radius 3 is 2.23 bits per heavy atom. The second-order valence-corrected chi connectivity index (χ2v) is 10.7. The van der Waals surface area contributed by atoms with E-state index in [1.54, 1.807) is 32.9 Å². The molecule has 43 heavy (non-hydrogen) atoms. The average molecular weight is 618 g/mol. The topological polar surface area (TPSA) is 128 Å². The third kappa shape index (κ3) is 6.73. The number of carbonyl (C=O) groups excluding carboxylic acids is 3. The summed E-state index contributed by atoms with van der Waals surface area (Å²) in [5.41, 5.74) is -0.149. The molecule has 3 unspecified atom stereocenters. The Labute approximate surface area is 256 Å². The summed E-state index contributed by atoms with van der Waals surface area (Å²) in [7, 11) is 0. The van der Waals surface area contributed by atoms with E-state index in [9.17, 15) is 28.9 Å². The number of ketones is 1. The SMILES string of the molecule is CCOC(=O)C1=C(C)NC(C)(N2CCC(C(=O)c3ccc(F)cc3)CC2)C(C(=O)OCC)C1c1ccccc1[N+](=O)[O-].Cl. The van der Waals surface area contributed by atoms with Crippen molar-refractivity contribution in [3.8, 4) is 0 Å². The van der Waals surface area contributed by atoms with E-state index in [4.69, 9.17) is 9.47 Å². The van der Waals surface area contributed by atoms with Crippen molar-refractivity contribution in [3.05, 3.63) is 86.9 Å². The van der Waals surface area contributed by atoms with Crippen LogP contribution in [0.1, 0.15) is 62.4 Å². The highest BCUT2D eigenvalue weighted by Gasteiger charge is 2.56. The third-order valence-electron chi connectivity index (χ3n) is 8.25. The molecule has 2 aromatic carbocycles. The fourth-order valence-electron chi connectivity index (χ4n) is 6.32. The van der Waals surface area contributed by atoms with Crippen molar-refractivity contribution in [2.75, 3.05) is 26.3 Å². The summed E-state index contributed by atoms with van der Waals surface area (Å²) in [6, 6.07) is 11.6. The van der Waals surface area contributed by atoms with Crippen molar-refractivity contribution < 1.29 is 33.2 Å². The smallest absolute Gasteiger partial charge is 0.336 e. The molecule has 4 rings (SSSR count). The number of nitro benzene ring substituents is 1. The van der Waals surface area contributed by atoms with Crippen molar-refractivity contribution in [3.63, 3.8) is 0 Å². The number of nitrogens with one attached hydrogen (secondary N) is 1. The largest absolute Gasteiger partial charge is 0.466 e. The normalized spacial score (nSPS) is 22.6. The zero-order valence-corrected chi connectivity index (χ0v) is 25.4. The van der Waals surface area contributed by atoms with Gasteiger partial charge in [0.15, 0.2) is 5.78 Å². The maximum atomic E-state index is 13.8. The number of esters is 2. The van der Waals surface area contributed by atoms with E-state index in [1.807, 2.05) is 11.8 Å². The van der Waals surface area contributed by atoms with Gasteiger partial charge in [-0.25, -0.2) is 9.18 Å². The van der Waals surface area contributed by atoms with Gasteiger partial charge in [-0.05, 0) is 64.8 Å². The number of Topliss-reactive ketones (excluding diaryl/α,β-unsaturated/α-hetero) is 1. The van der Waals surface area contributed by atoms with Gasteiger partial charge in [0.25, 0.3) is 5.69 Å². The molecular weight excluding hydrogens is 581 g/mol. The Bertz CT molecular complexity index is 1390. The molecule has 2 aliphatic heterocycles. The van der Waals surface area contributed by atoms with Crippen LogP contribution in [0.15, 0.2) is 59.8 Å². The summed E-state index contributed by atoms with van der Waals surface area (Å²) in [6.45, 7) is 7.84. The molecule has 2 heterocycles. The molecule has 0 bridgehead atoms. The Morgan fingerprint density at radius 2 is 1.65 bits per heavy atom. The van der Waals surface area contributed by atoms with E-state index in [0.29, 0.717) is 37.2 Å². The second-order valence-electron chi connectivity index (χ2n) is 10.7. The van der Waals surface area contributed by atoms with E-state index in [1.165, 1.54) is 36.4 Å². The Kier molecular flexibility index (Phi) is 11.0. The highest BCUT2D eigenvalue weighted by Crippen LogP contribution is 2.48. The number of halogens is 2. The quantitative estimate of drug-likeness (QED) is 0.175. The third-order valence-corrected chi connectivity index (χ3v) is 8.25. The maximum Gasteiger partial charge on any atom is 0.336 e. The highest BCUT2D eigenvalue weighted by atomic mass is 35.5. The molecule has 2 aliphatic rings. The predicted octanol–water partition coefficient (Wildman–Crippen LogP) is 5.17. The lowest BCUT2D eigenvalue weighted by Gasteiger charge is -2.53. The lowest BCUT2D eigenvalue weighted by molar-refractivity contribution is -0.385. The second kappa shape index (κ2) is 14.1.